The Balaban J connectivity index is 0.00000321. The zero-order valence-corrected chi connectivity index (χ0v) is 43.6. The van der Waals surface area contributed by atoms with Gasteiger partial charge in [-0.1, -0.05) is 160 Å². The minimum atomic E-state index is 0. The number of aryl methyl sites for hydroxylation is 2. The standard InChI is InChI=1S/C59H48N6O2.2Pt/c1-37(2)27-41-13-17-43(18-14-41)57-39(5)29-45(51-11-7-9-25-61-51)31-55(57)66-47-21-23-49-50-24-22-48(34-54(50)65(53(49)33-47)59-63-35-60-36-64-59)67-56-32-46(52-12-8-10-26-62-52)30-40(6)58(56)44-19-15-42(16-20-44)28-38(3)4;;/h7-26,29-30,35-38H,27-28H2,1-6H3;;/q-4;2*+2. The van der Waals surface area contributed by atoms with E-state index in [0.29, 0.717) is 51.8 Å². The van der Waals surface area contributed by atoms with Crippen LogP contribution in [0.5, 0.6) is 23.0 Å². The van der Waals surface area contributed by atoms with E-state index in [-0.39, 0.29) is 42.1 Å². The van der Waals surface area contributed by atoms with Gasteiger partial charge < -0.3 is 24.0 Å². The molecule has 4 aromatic heterocycles. The Morgan fingerprint density at radius 2 is 0.942 bits per heavy atom. The van der Waals surface area contributed by atoms with Gasteiger partial charge in [0.15, 0.2) is 0 Å². The summed E-state index contributed by atoms with van der Waals surface area (Å²) in [5, 5.41) is 1.83. The molecule has 0 aliphatic heterocycles. The van der Waals surface area contributed by atoms with Crippen LogP contribution in [0.4, 0.5) is 0 Å². The molecule has 10 aromatic rings. The van der Waals surface area contributed by atoms with Gasteiger partial charge in [-0.25, -0.2) is 15.0 Å². The predicted octanol–water partition coefficient (Wildman–Crippen LogP) is 14.2. The Kier molecular flexibility index (Phi) is 15.1. The molecule has 0 aliphatic carbocycles. The van der Waals surface area contributed by atoms with Gasteiger partial charge in [-0.05, 0) is 59.3 Å². The fourth-order valence-corrected chi connectivity index (χ4v) is 8.84. The quantitative estimate of drug-likeness (QED) is 0.106. The van der Waals surface area contributed by atoms with E-state index in [1.54, 1.807) is 12.4 Å². The number of rotatable bonds is 13. The van der Waals surface area contributed by atoms with Crippen LogP contribution in [-0.2, 0) is 55.0 Å². The van der Waals surface area contributed by atoms with Gasteiger partial charge in [0.25, 0.3) is 0 Å². The van der Waals surface area contributed by atoms with E-state index in [4.69, 9.17) is 9.47 Å². The molecule has 0 spiro atoms. The summed E-state index contributed by atoms with van der Waals surface area (Å²) in [7, 11) is 0. The molecule has 346 valence electrons. The summed E-state index contributed by atoms with van der Waals surface area (Å²) >= 11 is 0. The van der Waals surface area contributed by atoms with Gasteiger partial charge in [0.2, 0.25) is 5.95 Å². The van der Waals surface area contributed by atoms with Crippen LogP contribution in [0.25, 0.3) is 72.5 Å². The summed E-state index contributed by atoms with van der Waals surface area (Å²) in [5.41, 5.74) is 13.3. The average molecular weight is 1260 g/mol. The van der Waals surface area contributed by atoms with Crippen molar-refractivity contribution in [3.8, 4) is 73.7 Å². The second-order valence-electron chi connectivity index (χ2n) is 17.8. The molecule has 0 atom stereocenters. The molecule has 0 aliphatic rings. The first kappa shape index (κ1) is 48.8. The van der Waals surface area contributed by atoms with Gasteiger partial charge in [-0.2, -0.15) is 22.9 Å². The third-order valence-electron chi connectivity index (χ3n) is 11.8. The number of hydrogen-bond donors (Lipinski definition) is 0. The molecular weight excluding hydrogens is 1210 g/mol. The zero-order chi connectivity index (χ0) is 46.0. The molecule has 6 aromatic carbocycles. The molecule has 0 radical (unpaired) electrons. The molecular formula is C59H48N6O2Pt2. The van der Waals surface area contributed by atoms with Crippen molar-refractivity contribution in [3.05, 3.63) is 193 Å². The largest absolute Gasteiger partial charge is 2.00 e. The maximum Gasteiger partial charge on any atom is 2.00 e. The average Bonchev–Trinajstić information content (AvgIpc) is 3.65. The van der Waals surface area contributed by atoms with Crippen LogP contribution in [0.1, 0.15) is 49.9 Å². The first-order valence-electron chi connectivity index (χ1n) is 22.7. The van der Waals surface area contributed by atoms with E-state index in [1.165, 1.54) is 23.8 Å². The molecule has 0 bridgehead atoms. The van der Waals surface area contributed by atoms with E-state index >= 15 is 0 Å². The molecule has 0 saturated carbocycles. The minimum absolute atomic E-state index is 0. The molecule has 0 unspecified atom stereocenters. The first-order chi connectivity index (χ1) is 32.6. The Bertz CT molecular complexity index is 3160. The number of hydrogen-bond acceptors (Lipinski definition) is 7. The van der Waals surface area contributed by atoms with Crippen LogP contribution in [0.2, 0.25) is 0 Å². The van der Waals surface area contributed by atoms with E-state index in [2.05, 4.69) is 151 Å². The van der Waals surface area contributed by atoms with E-state index < -0.39 is 0 Å². The van der Waals surface area contributed by atoms with Gasteiger partial charge in [0.05, 0.1) is 0 Å². The van der Waals surface area contributed by atoms with Crippen LogP contribution < -0.4 is 9.47 Å². The van der Waals surface area contributed by atoms with Gasteiger partial charge in [0.1, 0.15) is 12.7 Å². The Labute approximate surface area is 432 Å². The van der Waals surface area contributed by atoms with Gasteiger partial charge in [-0.15, -0.1) is 58.7 Å². The molecule has 0 N–H and O–H groups in total. The molecule has 10 rings (SSSR count). The predicted molar refractivity (Wildman–Crippen MR) is 266 cm³/mol. The Morgan fingerprint density at radius 1 is 0.507 bits per heavy atom. The zero-order valence-electron chi connectivity index (χ0n) is 39.1. The van der Waals surface area contributed by atoms with E-state index in [0.717, 1.165) is 79.5 Å². The molecule has 10 heteroatoms. The van der Waals surface area contributed by atoms with Crippen molar-refractivity contribution in [3.63, 3.8) is 0 Å². The summed E-state index contributed by atoms with van der Waals surface area (Å²) in [5.74, 6) is 3.65. The maximum atomic E-state index is 6.89. The van der Waals surface area contributed by atoms with E-state index in [1.807, 2.05) is 65.2 Å². The minimum Gasteiger partial charge on any atom is -0.502 e. The van der Waals surface area contributed by atoms with Crippen molar-refractivity contribution < 1.29 is 51.6 Å². The monoisotopic (exact) mass is 1260 g/mol. The smallest absolute Gasteiger partial charge is 0.502 e. The van der Waals surface area contributed by atoms with Crippen molar-refractivity contribution in [1.82, 2.24) is 29.5 Å². The van der Waals surface area contributed by atoms with Gasteiger partial charge >= 0.3 is 42.1 Å². The normalized spacial score (nSPS) is 11.2. The molecule has 69 heavy (non-hydrogen) atoms. The van der Waals surface area contributed by atoms with E-state index in [9.17, 15) is 0 Å². The fraction of sp³-hybridized carbons (Fsp3) is 0.169. The number of benzene rings is 6. The molecule has 8 nitrogen and oxygen atoms in total. The van der Waals surface area contributed by atoms with Crippen LogP contribution >= 0.6 is 0 Å². The van der Waals surface area contributed by atoms with Crippen molar-refractivity contribution >= 4 is 21.8 Å². The summed E-state index contributed by atoms with van der Waals surface area (Å²) in [6.07, 6.45) is 8.57. The number of ether oxygens (including phenoxy) is 2. The summed E-state index contributed by atoms with van der Waals surface area (Å²) in [6.45, 7) is 13.2. The number of pyridine rings is 2. The number of fused-ring (bicyclic) bond motifs is 3. The van der Waals surface area contributed by atoms with Crippen LogP contribution in [0, 0.1) is 49.9 Å². The van der Waals surface area contributed by atoms with Crippen molar-refractivity contribution in [2.24, 2.45) is 11.8 Å². The summed E-state index contributed by atoms with van der Waals surface area (Å²) in [4.78, 5) is 22.6. The third kappa shape index (κ3) is 10.5. The second-order valence-corrected chi connectivity index (χ2v) is 17.8. The second kappa shape index (κ2) is 21.4. The SMILES string of the molecule is Cc1cc(-c2ccccn2)[c-]c(Oc2[c-]c3c(cc2)c2ccc(Oc4[c-]c(-c5ccccn5)cc(C)c4-c4ccc(CC(C)C)cc4)[c-]c2n3-c2ncncn2)c1-c1ccc(CC(C)C)cc1.[Pt+2].[Pt+2]. The molecule has 0 saturated heterocycles. The van der Waals surface area contributed by atoms with Crippen molar-refractivity contribution in [2.75, 3.05) is 0 Å². The summed E-state index contributed by atoms with van der Waals surface area (Å²) < 4.78 is 15.7. The summed E-state index contributed by atoms with van der Waals surface area (Å²) in [6, 6.07) is 55.8. The van der Waals surface area contributed by atoms with Crippen LogP contribution in [0.3, 0.4) is 0 Å². The maximum absolute atomic E-state index is 6.89. The number of nitrogens with zero attached hydrogens (tertiary/aromatic N) is 6. The van der Waals surface area contributed by atoms with Crippen LogP contribution in [-0.4, -0.2) is 29.5 Å². The topological polar surface area (TPSA) is 87.8 Å². The number of aromatic nitrogens is 6. The molecule has 4 heterocycles. The Hall–Kier alpha value is -6.59. The van der Waals surface area contributed by atoms with Crippen LogP contribution in [0.15, 0.2) is 146 Å². The van der Waals surface area contributed by atoms with Gasteiger partial charge in [-0.3, -0.25) is 0 Å². The third-order valence-corrected chi connectivity index (χ3v) is 11.8. The van der Waals surface area contributed by atoms with Crippen molar-refractivity contribution in [1.29, 1.82) is 0 Å². The van der Waals surface area contributed by atoms with Gasteiger partial charge in [0, 0.05) is 35.4 Å². The Morgan fingerprint density at radius 3 is 1.33 bits per heavy atom. The van der Waals surface area contributed by atoms with Crippen molar-refractivity contribution in [2.45, 2.75) is 54.4 Å². The fourth-order valence-electron chi connectivity index (χ4n) is 8.84. The first-order valence-corrected chi connectivity index (χ1v) is 22.7. The molecule has 0 fully saturated rings. The molecule has 0 amide bonds.